The summed E-state index contributed by atoms with van der Waals surface area (Å²) in [6.45, 7) is 7.33. The summed E-state index contributed by atoms with van der Waals surface area (Å²) in [7, 11) is 1.57. The average Bonchev–Trinajstić information content (AvgIpc) is 2.71. The third-order valence-electron chi connectivity index (χ3n) is 4.34. The molecule has 0 bridgehead atoms. The van der Waals surface area contributed by atoms with E-state index in [4.69, 9.17) is 14.2 Å². The van der Waals surface area contributed by atoms with Gasteiger partial charge in [0.15, 0.2) is 11.5 Å². The first-order valence-corrected chi connectivity index (χ1v) is 9.39. The molecular formula is C21H28N2O5. The van der Waals surface area contributed by atoms with E-state index in [-0.39, 0.29) is 18.0 Å². The van der Waals surface area contributed by atoms with Crippen molar-refractivity contribution in [3.63, 3.8) is 0 Å². The summed E-state index contributed by atoms with van der Waals surface area (Å²) in [4.78, 5) is 25.6. The normalized spacial score (nSPS) is 14.6. The molecule has 2 rings (SSSR count). The van der Waals surface area contributed by atoms with Crippen LogP contribution >= 0.6 is 0 Å². The number of nitrogens with one attached hydrogen (secondary N) is 1. The number of piperidine rings is 1. The number of likely N-dealkylation sites (tertiary alicyclic amines) is 1. The third-order valence-corrected chi connectivity index (χ3v) is 4.34. The third kappa shape index (κ3) is 6.33. The Morgan fingerprint density at radius 2 is 2.04 bits per heavy atom. The molecule has 1 aromatic rings. The quantitative estimate of drug-likeness (QED) is 0.547. The number of hydrogen-bond acceptors (Lipinski definition) is 5. The maximum atomic E-state index is 12.2. The average molecular weight is 388 g/mol. The van der Waals surface area contributed by atoms with E-state index in [0.29, 0.717) is 50.6 Å². The molecule has 1 aliphatic rings. The number of rotatable bonds is 8. The molecule has 0 unspecified atom stereocenters. The number of hydrogen-bond donors (Lipinski definition) is 1. The molecule has 0 spiro atoms. The highest BCUT2D eigenvalue weighted by atomic mass is 16.6. The summed E-state index contributed by atoms with van der Waals surface area (Å²) in [5.41, 5.74) is 0.829. The second kappa shape index (κ2) is 11.0. The fraction of sp³-hybridized carbons (Fsp3) is 0.429. The van der Waals surface area contributed by atoms with Crippen LogP contribution < -0.4 is 14.8 Å². The zero-order valence-corrected chi connectivity index (χ0v) is 16.5. The fourth-order valence-corrected chi connectivity index (χ4v) is 2.90. The van der Waals surface area contributed by atoms with E-state index in [1.807, 2.05) is 6.07 Å². The monoisotopic (exact) mass is 388 g/mol. The van der Waals surface area contributed by atoms with Crippen LogP contribution in [0.3, 0.4) is 0 Å². The minimum atomic E-state index is -0.290. The van der Waals surface area contributed by atoms with Crippen LogP contribution in [0.2, 0.25) is 0 Å². The standard InChI is InChI=1S/C21H28N2O5/c1-4-14-28-18-8-6-16(15-19(18)26-3)7-9-20(24)22-17-10-12-23(13-11-17)21(25)27-5-2/h4,6-9,15,17H,1,5,10-14H2,2-3H3,(H,22,24)/b9-7+. The van der Waals surface area contributed by atoms with Gasteiger partial charge in [0.2, 0.25) is 5.91 Å². The molecule has 0 aromatic heterocycles. The summed E-state index contributed by atoms with van der Waals surface area (Å²) in [5, 5.41) is 2.98. The van der Waals surface area contributed by atoms with Crippen molar-refractivity contribution in [3.05, 3.63) is 42.5 Å². The molecule has 1 fully saturated rings. The summed E-state index contributed by atoms with van der Waals surface area (Å²) >= 11 is 0. The van der Waals surface area contributed by atoms with Gasteiger partial charge in [-0.3, -0.25) is 4.79 Å². The molecule has 7 nitrogen and oxygen atoms in total. The van der Waals surface area contributed by atoms with Gasteiger partial charge in [-0.25, -0.2) is 4.79 Å². The SMILES string of the molecule is C=CCOc1ccc(/C=C/C(=O)NC2CCN(C(=O)OCC)CC2)cc1OC. The number of ether oxygens (including phenoxy) is 3. The van der Waals surface area contributed by atoms with Crippen molar-refractivity contribution in [2.45, 2.75) is 25.8 Å². The zero-order valence-electron chi connectivity index (χ0n) is 16.5. The zero-order chi connectivity index (χ0) is 20.4. The Hall–Kier alpha value is -2.96. The van der Waals surface area contributed by atoms with Gasteiger partial charge in [0.25, 0.3) is 0 Å². The first-order valence-electron chi connectivity index (χ1n) is 9.39. The van der Waals surface area contributed by atoms with Crippen LogP contribution in [0.25, 0.3) is 6.08 Å². The first-order chi connectivity index (χ1) is 13.6. The van der Waals surface area contributed by atoms with Crippen LogP contribution in [-0.4, -0.2) is 56.4 Å². The van der Waals surface area contributed by atoms with Gasteiger partial charge in [0.05, 0.1) is 13.7 Å². The Bertz CT molecular complexity index is 709. The molecule has 1 aliphatic heterocycles. The van der Waals surface area contributed by atoms with Gasteiger partial charge in [0.1, 0.15) is 6.61 Å². The number of amides is 2. The molecule has 1 N–H and O–H groups in total. The second-order valence-corrected chi connectivity index (χ2v) is 6.31. The molecule has 0 aliphatic carbocycles. The van der Waals surface area contributed by atoms with Gasteiger partial charge >= 0.3 is 6.09 Å². The lowest BCUT2D eigenvalue weighted by Gasteiger charge is -2.31. The Morgan fingerprint density at radius 3 is 2.68 bits per heavy atom. The Balaban J connectivity index is 1.85. The van der Waals surface area contributed by atoms with E-state index in [9.17, 15) is 9.59 Å². The highest BCUT2D eigenvalue weighted by Crippen LogP contribution is 2.28. The van der Waals surface area contributed by atoms with Crippen LogP contribution in [-0.2, 0) is 9.53 Å². The topological polar surface area (TPSA) is 77.1 Å². The van der Waals surface area contributed by atoms with Gasteiger partial charge in [0, 0.05) is 25.2 Å². The predicted molar refractivity (Wildman–Crippen MR) is 107 cm³/mol. The molecule has 2 amide bonds. The van der Waals surface area contributed by atoms with Crippen LogP contribution in [0.15, 0.2) is 36.9 Å². The van der Waals surface area contributed by atoms with Crippen molar-refractivity contribution in [2.24, 2.45) is 0 Å². The molecule has 0 radical (unpaired) electrons. The minimum Gasteiger partial charge on any atom is -0.493 e. The summed E-state index contributed by atoms with van der Waals surface area (Å²) in [5.74, 6) is 1.05. The van der Waals surface area contributed by atoms with Crippen LogP contribution in [0.5, 0.6) is 11.5 Å². The minimum absolute atomic E-state index is 0.0482. The number of nitrogens with zero attached hydrogens (tertiary/aromatic N) is 1. The van der Waals surface area contributed by atoms with E-state index in [1.54, 1.807) is 43.2 Å². The molecule has 28 heavy (non-hydrogen) atoms. The molecule has 152 valence electrons. The number of carbonyl (C=O) groups is 2. The predicted octanol–water partition coefficient (Wildman–Crippen LogP) is 3.01. The van der Waals surface area contributed by atoms with Crippen molar-refractivity contribution in [1.82, 2.24) is 10.2 Å². The number of carbonyl (C=O) groups excluding carboxylic acids is 2. The highest BCUT2D eigenvalue weighted by Gasteiger charge is 2.24. The van der Waals surface area contributed by atoms with Gasteiger partial charge in [-0.1, -0.05) is 18.7 Å². The van der Waals surface area contributed by atoms with E-state index >= 15 is 0 Å². The van der Waals surface area contributed by atoms with Gasteiger partial charge in [-0.05, 0) is 43.5 Å². The maximum Gasteiger partial charge on any atom is 0.409 e. The van der Waals surface area contributed by atoms with Crippen LogP contribution in [0.4, 0.5) is 4.79 Å². The van der Waals surface area contributed by atoms with E-state index in [1.165, 1.54) is 6.08 Å². The molecule has 0 saturated carbocycles. The summed E-state index contributed by atoms with van der Waals surface area (Å²) in [6.07, 6.45) is 6.01. The molecule has 1 aromatic carbocycles. The fourth-order valence-electron chi connectivity index (χ4n) is 2.90. The maximum absolute atomic E-state index is 12.2. The smallest absolute Gasteiger partial charge is 0.409 e. The number of benzene rings is 1. The van der Waals surface area contributed by atoms with Crippen molar-refractivity contribution in [1.29, 1.82) is 0 Å². The Morgan fingerprint density at radius 1 is 1.29 bits per heavy atom. The van der Waals surface area contributed by atoms with Crippen molar-refractivity contribution in [2.75, 3.05) is 33.4 Å². The Kier molecular flexibility index (Phi) is 8.39. The van der Waals surface area contributed by atoms with Crippen LogP contribution in [0, 0.1) is 0 Å². The van der Waals surface area contributed by atoms with E-state index < -0.39 is 0 Å². The second-order valence-electron chi connectivity index (χ2n) is 6.31. The van der Waals surface area contributed by atoms with Gasteiger partial charge in [-0.15, -0.1) is 0 Å². The summed E-state index contributed by atoms with van der Waals surface area (Å²) < 4.78 is 15.8. The molecular weight excluding hydrogens is 360 g/mol. The van der Waals surface area contributed by atoms with Crippen molar-refractivity contribution >= 4 is 18.1 Å². The Labute approximate surface area is 165 Å². The van der Waals surface area contributed by atoms with Crippen molar-refractivity contribution in [3.8, 4) is 11.5 Å². The molecule has 0 atom stereocenters. The van der Waals surface area contributed by atoms with Gasteiger partial charge < -0.3 is 24.4 Å². The van der Waals surface area contributed by atoms with Gasteiger partial charge in [-0.2, -0.15) is 0 Å². The molecule has 1 saturated heterocycles. The summed E-state index contributed by atoms with van der Waals surface area (Å²) in [6, 6.07) is 5.50. The first kappa shape index (κ1) is 21.3. The number of methoxy groups -OCH3 is 1. The molecule has 7 heteroatoms. The molecule has 1 heterocycles. The van der Waals surface area contributed by atoms with Crippen LogP contribution in [0.1, 0.15) is 25.3 Å². The van der Waals surface area contributed by atoms with E-state index in [2.05, 4.69) is 11.9 Å². The lowest BCUT2D eigenvalue weighted by Crippen LogP contribution is -2.46. The van der Waals surface area contributed by atoms with E-state index in [0.717, 1.165) is 5.56 Å². The lowest BCUT2D eigenvalue weighted by molar-refractivity contribution is -0.117. The highest BCUT2D eigenvalue weighted by molar-refractivity contribution is 5.92. The largest absolute Gasteiger partial charge is 0.493 e. The van der Waals surface area contributed by atoms with Crippen molar-refractivity contribution < 1.29 is 23.8 Å². The lowest BCUT2D eigenvalue weighted by atomic mass is 10.1.